The fourth-order valence-corrected chi connectivity index (χ4v) is 2.52. The van der Waals surface area contributed by atoms with Gasteiger partial charge in [0.25, 0.3) is 0 Å². The summed E-state index contributed by atoms with van der Waals surface area (Å²) in [5.41, 5.74) is 1.44. The standard InChI is InChI=1S/C20H21N3O4/c1-3-26-17-10-5-4-9-16(17)21-18(24)11-12-19-22-20(23-27-19)14-7-6-8-15(13-14)25-2/h4-10,13H,3,11-12H2,1-2H3,(H,21,24). The number of benzene rings is 2. The molecule has 3 aromatic rings. The number of anilines is 1. The maximum Gasteiger partial charge on any atom is 0.227 e. The lowest BCUT2D eigenvalue weighted by Gasteiger charge is -2.10. The lowest BCUT2D eigenvalue weighted by molar-refractivity contribution is -0.116. The smallest absolute Gasteiger partial charge is 0.227 e. The minimum atomic E-state index is -0.150. The molecule has 0 atom stereocenters. The molecule has 0 aliphatic rings. The summed E-state index contributed by atoms with van der Waals surface area (Å²) in [5.74, 6) is 2.08. The predicted molar refractivity (Wildman–Crippen MR) is 101 cm³/mol. The van der Waals surface area contributed by atoms with E-state index < -0.39 is 0 Å². The van der Waals surface area contributed by atoms with Crippen LogP contribution in [0.15, 0.2) is 53.1 Å². The molecule has 3 rings (SSSR count). The van der Waals surface area contributed by atoms with E-state index in [-0.39, 0.29) is 12.3 Å². The summed E-state index contributed by atoms with van der Waals surface area (Å²) in [6.07, 6.45) is 0.569. The first kappa shape index (κ1) is 18.4. The third-order valence-electron chi connectivity index (χ3n) is 3.82. The highest BCUT2D eigenvalue weighted by Gasteiger charge is 2.12. The summed E-state index contributed by atoms with van der Waals surface area (Å²) in [6.45, 7) is 2.43. The van der Waals surface area contributed by atoms with Crippen molar-refractivity contribution in [1.82, 2.24) is 10.1 Å². The molecule has 0 unspecified atom stereocenters. The second-order valence-corrected chi connectivity index (χ2v) is 5.72. The van der Waals surface area contributed by atoms with E-state index in [1.165, 1.54) is 0 Å². The number of aromatic nitrogens is 2. The second-order valence-electron chi connectivity index (χ2n) is 5.72. The topological polar surface area (TPSA) is 86.5 Å². The van der Waals surface area contributed by atoms with Gasteiger partial charge in [0.2, 0.25) is 17.6 Å². The molecule has 1 N–H and O–H groups in total. The first-order valence-corrected chi connectivity index (χ1v) is 8.68. The van der Waals surface area contributed by atoms with E-state index in [0.29, 0.717) is 41.9 Å². The number of ether oxygens (including phenoxy) is 2. The summed E-state index contributed by atoms with van der Waals surface area (Å²) >= 11 is 0. The number of amides is 1. The summed E-state index contributed by atoms with van der Waals surface area (Å²) in [5, 5.41) is 6.82. The Bertz CT molecular complexity index is 908. The van der Waals surface area contributed by atoms with Gasteiger partial charge in [-0.25, -0.2) is 0 Å². The van der Waals surface area contributed by atoms with Gasteiger partial charge in [0, 0.05) is 18.4 Å². The number of nitrogens with one attached hydrogen (secondary N) is 1. The van der Waals surface area contributed by atoms with Crippen molar-refractivity contribution in [2.45, 2.75) is 19.8 Å². The van der Waals surface area contributed by atoms with E-state index in [1.807, 2.05) is 49.4 Å². The number of hydrogen-bond donors (Lipinski definition) is 1. The normalized spacial score (nSPS) is 10.4. The number of rotatable bonds is 8. The quantitative estimate of drug-likeness (QED) is 0.653. The van der Waals surface area contributed by atoms with E-state index in [4.69, 9.17) is 14.0 Å². The Morgan fingerprint density at radius 2 is 2.04 bits per heavy atom. The second kappa shape index (κ2) is 8.84. The molecule has 0 aliphatic heterocycles. The van der Waals surface area contributed by atoms with Crippen LogP contribution in [0.3, 0.4) is 0 Å². The van der Waals surface area contributed by atoms with E-state index in [9.17, 15) is 4.79 Å². The zero-order valence-corrected chi connectivity index (χ0v) is 15.3. The van der Waals surface area contributed by atoms with Gasteiger partial charge in [0.1, 0.15) is 11.5 Å². The Hall–Kier alpha value is -3.35. The molecular formula is C20H21N3O4. The number of para-hydroxylation sites is 2. The number of aryl methyl sites for hydroxylation is 1. The molecule has 2 aromatic carbocycles. The first-order valence-electron chi connectivity index (χ1n) is 8.68. The Kier molecular flexibility index (Phi) is 6.04. The van der Waals surface area contributed by atoms with Crippen molar-refractivity contribution in [3.8, 4) is 22.9 Å². The Balaban J connectivity index is 1.59. The third kappa shape index (κ3) is 4.84. The van der Waals surface area contributed by atoms with Gasteiger partial charge in [-0.15, -0.1) is 0 Å². The van der Waals surface area contributed by atoms with Gasteiger partial charge in [-0.3, -0.25) is 4.79 Å². The predicted octanol–water partition coefficient (Wildman–Crippen LogP) is 3.72. The van der Waals surface area contributed by atoms with Gasteiger partial charge in [0.15, 0.2) is 0 Å². The largest absolute Gasteiger partial charge is 0.497 e. The van der Waals surface area contributed by atoms with Gasteiger partial charge in [-0.1, -0.05) is 29.4 Å². The van der Waals surface area contributed by atoms with Crippen LogP contribution in [-0.4, -0.2) is 29.8 Å². The van der Waals surface area contributed by atoms with Crippen molar-refractivity contribution in [2.75, 3.05) is 19.0 Å². The van der Waals surface area contributed by atoms with E-state index in [2.05, 4.69) is 15.5 Å². The van der Waals surface area contributed by atoms with Gasteiger partial charge < -0.3 is 19.3 Å². The molecule has 7 heteroatoms. The van der Waals surface area contributed by atoms with Gasteiger partial charge in [-0.2, -0.15) is 4.98 Å². The summed E-state index contributed by atoms with van der Waals surface area (Å²) in [7, 11) is 1.60. The van der Waals surface area contributed by atoms with Crippen molar-refractivity contribution < 1.29 is 18.8 Å². The van der Waals surface area contributed by atoms with Gasteiger partial charge in [-0.05, 0) is 31.2 Å². The molecule has 0 bridgehead atoms. The highest BCUT2D eigenvalue weighted by atomic mass is 16.5. The number of hydrogen-bond acceptors (Lipinski definition) is 6. The molecule has 140 valence electrons. The van der Waals surface area contributed by atoms with Crippen LogP contribution >= 0.6 is 0 Å². The van der Waals surface area contributed by atoms with Crippen molar-refractivity contribution in [3.63, 3.8) is 0 Å². The van der Waals surface area contributed by atoms with Crippen LogP contribution in [0.1, 0.15) is 19.2 Å². The molecule has 0 aliphatic carbocycles. The zero-order valence-electron chi connectivity index (χ0n) is 15.3. The Morgan fingerprint density at radius 1 is 1.19 bits per heavy atom. The SMILES string of the molecule is CCOc1ccccc1NC(=O)CCc1nc(-c2cccc(OC)c2)no1. The van der Waals surface area contributed by atoms with Crippen LogP contribution in [-0.2, 0) is 11.2 Å². The number of carbonyl (C=O) groups excluding carboxylic acids is 1. The van der Waals surface area contributed by atoms with Crippen molar-refractivity contribution in [1.29, 1.82) is 0 Å². The highest BCUT2D eigenvalue weighted by Crippen LogP contribution is 2.24. The Labute approximate surface area is 157 Å². The van der Waals surface area contributed by atoms with Crippen molar-refractivity contribution >= 4 is 11.6 Å². The molecule has 27 heavy (non-hydrogen) atoms. The Morgan fingerprint density at radius 3 is 2.85 bits per heavy atom. The maximum absolute atomic E-state index is 12.2. The average molecular weight is 367 g/mol. The van der Waals surface area contributed by atoms with Crippen LogP contribution in [0, 0.1) is 0 Å². The summed E-state index contributed by atoms with van der Waals surface area (Å²) in [4.78, 5) is 16.6. The minimum Gasteiger partial charge on any atom is -0.497 e. The monoisotopic (exact) mass is 367 g/mol. The average Bonchev–Trinajstić information content (AvgIpc) is 3.17. The molecule has 1 amide bonds. The maximum atomic E-state index is 12.2. The molecular weight excluding hydrogens is 346 g/mol. The van der Waals surface area contributed by atoms with Crippen LogP contribution in [0.4, 0.5) is 5.69 Å². The van der Waals surface area contributed by atoms with Crippen LogP contribution in [0.25, 0.3) is 11.4 Å². The first-order chi connectivity index (χ1) is 13.2. The number of carbonyl (C=O) groups is 1. The molecule has 1 heterocycles. The van der Waals surface area contributed by atoms with E-state index in [1.54, 1.807) is 13.2 Å². The number of nitrogens with zero attached hydrogens (tertiary/aromatic N) is 2. The molecule has 0 saturated heterocycles. The molecule has 0 radical (unpaired) electrons. The van der Waals surface area contributed by atoms with Crippen molar-refractivity contribution in [3.05, 3.63) is 54.4 Å². The third-order valence-corrected chi connectivity index (χ3v) is 3.82. The fraction of sp³-hybridized carbons (Fsp3) is 0.250. The molecule has 0 fully saturated rings. The van der Waals surface area contributed by atoms with E-state index >= 15 is 0 Å². The molecule has 1 aromatic heterocycles. The lowest BCUT2D eigenvalue weighted by atomic mass is 10.2. The van der Waals surface area contributed by atoms with Crippen molar-refractivity contribution in [2.24, 2.45) is 0 Å². The summed E-state index contributed by atoms with van der Waals surface area (Å²) in [6, 6.07) is 14.7. The zero-order chi connectivity index (χ0) is 19.1. The highest BCUT2D eigenvalue weighted by molar-refractivity contribution is 5.92. The van der Waals surface area contributed by atoms with Gasteiger partial charge >= 0.3 is 0 Å². The lowest BCUT2D eigenvalue weighted by Crippen LogP contribution is -2.13. The summed E-state index contributed by atoms with van der Waals surface area (Å²) < 4.78 is 16.0. The number of methoxy groups -OCH3 is 1. The van der Waals surface area contributed by atoms with Crippen LogP contribution in [0.2, 0.25) is 0 Å². The molecule has 0 saturated carbocycles. The molecule has 7 nitrogen and oxygen atoms in total. The van der Waals surface area contributed by atoms with Crippen LogP contribution in [0.5, 0.6) is 11.5 Å². The van der Waals surface area contributed by atoms with Crippen LogP contribution < -0.4 is 14.8 Å². The fourth-order valence-electron chi connectivity index (χ4n) is 2.52. The minimum absolute atomic E-state index is 0.150. The molecule has 0 spiro atoms. The van der Waals surface area contributed by atoms with E-state index in [0.717, 1.165) is 5.56 Å². The van der Waals surface area contributed by atoms with Gasteiger partial charge in [0.05, 0.1) is 19.4 Å².